The first kappa shape index (κ1) is 17.0. The van der Waals surface area contributed by atoms with Crippen molar-refractivity contribution in [2.75, 3.05) is 19.7 Å². The van der Waals surface area contributed by atoms with E-state index in [9.17, 15) is 4.79 Å². The van der Waals surface area contributed by atoms with Crippen molar-refractivity contribution >= 4 is 17.2 Å². The van der Waals surface area contributed by atoms with E-state index in [1.807, 2.05) is 30.4 Å². The highest BCUT2D eigenvalue weighted by atomic mass is 32.1. The van der Waals surface area contributed by atoms with E-state index < -0.39 is 0 Å². The number of nitrogens with zero attached hydrogens (tertiary/aromatic N) is 5. The maximum absolute atomic E-state index is 12.9. The number of amides is 1. The number of likely N-dealkylation sites (tertiary alicyclic amines) is 1. The summed E-state index contributed by atoms with van der Waals surface area (Å²) in [5.41, 5.74) is 0.787. The molecule has 2 aromatic heterocycles. The van der Waals surface area contributed by atoms with E-state index in [-0.39, 0.29) is 18.1 Å². The summed E-state index contributed by atoms with van der Waals surface area (Å²) in [6.45, 7) is 7.89. The lowest BCUT2D eigenvalue weighted by Gasteiger charge is -2.32. The van der Waals surface area contributed by atoms with Gasteiger partial charge in [0.15, 0.2) is 0 Å². The van der Waals surface area contributed by atoms with Crippen LogP contribution in [0.1, 0.15) is 59.2 Å². The summed E-state index contributed by atoms with van der Waals surface area (Å²) in [4.78, 5) is 24.1. The smallest absolute Gasteiger partial charge is 0.265 e. The van der Waals surface area contributed by atoms with Crippen molar-refractivity contribution in [1.82, 2.24) is 24.6 Å². The number of hydrogen-bond acceptors (Lipinski definition) is 6. The van der Waals surface area contributed by atoms with Gasteiger partial charge in [-0.25, -0.2) is 14.6 Å². The molecule has 0 aromatic carbocycles. The van der Waals surface area contributed by atoms with E-state index in [0.29, 0.717) is 13.2 Å². The van der Waals surface area contributed by atoms with Crippen LogP contribution in [0.3, 0.4) is 0 Å². The van der Waals surface area contributed by atoms with Gasteiger partial charge in [-0.15, -0.1) is 11.3 Å². The third kappa shape index (κ3) is 3.49. The molecule has 2 aromatic rings. The van der Waals surface area contributed by atoms with Crippen molar-refractivity contribution in [3.63, 3.8) is 0 Å². The molecule has 130 valence electrons. The Morgan fingerprint density at radius 2 is 2.38 bits per heavy atom. The number of piperidine rings is 1. The Balaban J connectivity index is 1.74. The lowest BCUT2D eigenvalue weighted by Crippen LogP contribution is -2.40. The molecule has 1 amide bonds. The first-order valence-electron chi connectivity index (χ1n) is 8.32. The molecule has 0 saturated carbocycles. The zero-order valence-electron chi connectivity index (χ0n) is 14.3. The van der Waals surface area contributed by atoms with E-state index in [0.717, 1.165) is 35.0 Å². The van der Waals surface area contributed by atoms with Gasteiger partial charge in [0.1, 0.15) is 28.6 Å². The van der Waals surface area contributed by atoms with Crippen LogP contribution in [0.15, 0.2) is 12.7 Å². The molecule has 1 fully saturated rings. The van der Waals surface area contributed by atoms with Gasteiger partial charge in [0.25, 0.3) is 5.91 Å². The molecule has 0 N–H and O–H groups in total. The van der Waals surface area contributed by atoms with Gasteiger partial charge in [0.2, 0.25) is 0 Å². The highest BCUT2D eigenvalue weighted by molar-refractivity contribution is 7.13. The molecule has 1 aliphatic rings. The maximum atomic E-state index is 12.9. The second-order valence-corrected chi connectivity index (χ2v) is 7.02. The van der Waals surface area contributed by atoms with Gasteiger partial charge in [-0.05, 0) is 33.6 Å². The Morgan fingerprint density at radius 3 is 3.08 bits per heavy atom. The lowest BCUT2D eigenvalue weighted by atomic mass is 10.1. The van der Waals surface area contributed by atoms with Gasteiger partial charge in [0.05, 0.1) is 11.7 Å². The molecule has 7 nitrogen and oxygen atoms in total. The fraction of sp³-hybridized carbons (Fsp3) is 0.625. The average molecular weight is 349 g/mol. The monoisotopic (exact) mass is 349 g/mol. The van der Waals surface area contributed by atoms with Crippen LogP contribution >= 0.6 is 11.3 Å². The Bertz CT molecular complexity index is 685. The number of thiazole rings is 1. The third-order valence-electron chi connectivity index (χ3n) is 4.27. The van der Waals surface area contributed by atoms with Crippen LogP contribution in [0.5, 0.6) is 0 Å². The lowest BCUT2D eigenvalue weighted by molar-refractivity contribution is 0.0676. The van der Waals surface area contributed by atoms with Gasteiger partial charge in [-0.2, -0.15) is 5.10 Å². The van der Waals surface area contributed by atoms with E-state index in [1.165, 1.54) is 17.7 Å². The maximum Gasteiger partial charge on any atom is 0.265 e. The first-order chi connectivity index (χ1) is 11.6. The molecule has 24 heavy (non-hydrogen) atoms. The quantitative estimate of drug-likeness (QED) is 0.829. The number of carbonyl (C=O) groups is 1. The standard InChI is InChI=1S/C16H23N5O2S/c1-4-23-12(3)15-19-11(2)14(24-15)16(22)20-7-5-6-13(8-20)21-10-17-9-18-21/h9-10,12-13H,4-8H2,1-3H3/t12-,13-/m0/s1. The fourth-order valence-electron chi connectivity index (χ4n) is 3.02. The SMILES string of the molecule is CCO[C@@H](C)c1nc(C)c(C(=O)N2CCC[C@H](n3cncn3)C2)s1. The molecule has 0 aliphatic carbocycles. The Hall–Kier alpha value is -1.80. The van der Waals surface area contributed by atoms with Crippen LogP contribution in [-0.4, -0.2) is 50.3 Å². The summed E-state index contributed by atoms with van der Waals surface area (Å²) in [6.07, 6.45) is 5.16. The van der Waals surface area contributed by atoms with Crippen molar-refractivity contribution in [2.45, 2.75) is 45.8 Å². The van der Waals surface area contributed by atoms with Gasteiger partial charge >= 0.3 is 0 Å². The van der Waals surface area contributed by atoms with Gasteiger partial charge in [0, 0.05) is 19.7 Å². The molecule has 3 heterocycles. The van der Waals surface area contributed by atoms with Crippen LogP contribution in [0.25, 0.3) is 0 Å². The van der Waals surface area contributed by atoms with Crippen LogP contribution < -0.4 is 0 Å². The molecule has 0 spiro atoms. The van der Waals surface area contributed by atoms with Crippen LogP contribution in [0.4, 0.5) is 0 Å². The minimum atomic E-state index is -0.0792. The minimum Gasteiger partial charge on any atom is -0.372 e. The Kier molecular flexibility index (Phi) is 5.25. The zero-order chi connectivity index (χ0) is 17.1. The topological polar surface area (TPSA) is 73.1 Å². The Labute approximate surface area is 145 Å². The fourth-order valence-corrected chi connectivity index (χ4v) is 4.05. The zero-order valence-corrected chi connectivity index (χ0v) is 15.1. The van der Waals surface area contributed by atoms with E-state index in [2.05, 4.69) is 15.1 Å². The number of aryl methyl sites for hydroxylation is 1. The summed E-state index contributed by atoms with van der Waals surface area (Å²) in [5, 5.41) is 5.08. The van der Waals surface area contributed by atoms with Gasteiger partial charge in [-0.1, -0.05) is 0 Å². The highest BCUT2D eigenvalue weighted by Crippen LogP contribution is 2.29. The van der Waals surface area contributed by atoms with Gasteiger partial charge < -0.3 is 9.64 Å². The molecule has 0 unspecified atom stereocenters. The third-order valence-corrected chi connectivity index (χ3v) is 5.57. The molecule has 3 rings (SSSR count). The summed E-state index contributed by atoms with van der Waals surface area (Å²) in [5.74, 6) is 0.0600. The molecular formula is C16H23N5O2S. The molecule has 8 heteroatoms. The Morgan fingerprint density at radius 1 is 1.54 bits per heavy atom. The molecule has 2 atom stereocenters. The van der Waals surface area contributed by atoms with Crippen LogP contribution in [0.2, 0.25) is 0 Å². The van der Waals surface area contributed by atoms with Crippen LogP contribution in [0, 0.1) is 6.92 Å². The second-order valence-electron chi connectivity index (χ2n) is 5.99. The number of aromatic nitrogens is 4. The van der Waals surface area contributed by atoms with Crippen molar-refractivity contribution in [1.29, 1.82) is 0 Å². The van der Waals surface area contributed by atoms with E-state index >= 15 is 0 Å². The summed E-state index contributed by atoms with van der Waals surface area (Å²) >= 11 is 1.45. The van der Waals surface area contributed by atoms with E-state index in [4.69, 9.17) is 4.74 Å². The second kappa shape index (κ2) is 7.40. The minimum absolute atomic E-state index is 0.0600. The summed E-state index contributed by atoms with van der Waals surface area (Å²) in [7, 11) is 0. The number of rotatable bonds is 5. The van der Waals surface area contributed by atoms with Crippen LogP contribution in [-0.2, 0) is 4.74 Å². The molecule has 0 radical (unpaired) electrons. The van der Waals surface area contributed by atoms with Crippen molar-refractivity contribution in [3.8, 4) is 0 Å². The summed E-state index contributed by atoms with van der Waals surface area (Å²) in [6, 6.07) is 0.195. The van der Waals surface area contributed by atoms with Gasteiger partial charge in [-0.3, -0.25) is 4.79 Å². The molecule has 1 saturated heterocycles. The summed E-state index contributed by atoms with van der Waals surface area (Å²) < 4.78 is 7.44. The number of hydrogen-bond donors (Lipinski definition) is 0. The molecule has 1 aliphatic heterocycles. The van der Waals surface area contributed by atoms with E-state index in [1.54, 1.807) is 6.33 Å². The van der Waals surface area contributed by atoms with Crippen molar-refractivity contribution in [3.05, 3.63) is 28.2 Å². The average Bonchev–Trinajstić information content (AvgIpc) is 3.24. The predicted molar refractivity (Wildman–Crippen MR) is 91.1 cm³/mol. The molecule has 0 bridgehead atoms. The van der Waals surface area contributed by atoms with Crippen molar-refractivity contribution in [2.24, 2.45) is 0 Å². The largest absolute Gasteiger partial charge is 0.372 e. The number of ether oxygens (including phenoxy) is 1. The predicted octanol–water partition coefficient (Wildman–Crippen LogP) is 2.62. The highest BCUT2D eigenvalue weighted by Gasteiger charge is 2.28. The normalized spacial score (nSPS) is 19.5. The number of carbonyl (C=O) groups excluding carboxylic acids is 1. The molecular weight excluding hydrogens is 326 g/mol. The van der Waals surface area contributed by atoms with Crippen molar-refractivity contribution < 1.29 is 9.53 Å². The first-order valence-corrected chi connectivity index (χ1v) is 9.14.